The molecule has 1 unspecified atom stereocenters. The lowest BCUT2D eigenvalue weighted by Crippen LogP contribution is -2.41. The molecule has 4 heteroatoms. The van der Waals surface area contributed by atoms with Crippen molar-refractivity contribution in [1.29, 1.82) is 0 Å². The Hall–Kier alpha value is -1.06. The van der Waals surface area contributed by atoms with Crippen LogP contribution in [0, 0.1) is 0 Å². The van der Waals surface area contributed by atoms with Crippen molar-refractivity contribution in [3.63, 3.8) is 0 Å². The summed E-state index contributed by atoms with van der Waals surface area (Å²) in [5, 5.41) is 0. The van der Waals surface area contributed by atoms with E-state index in [0.29, 0.717) is 19.4 Å². The first kappa shape index (κ1) is 13.0. The van der Waals surface area contributed by atoms with E-state index in [1.807, 2.05) is 27.7 Å². The number of nitrogens with zero attached hydrogens (tertiary/aromatic N) is 1. The fourth-order valence-electron chi connectivity index (χ4n) is 1.71. The van der Waals surface area contributed by atoms with Crippen LogP contribution in [0.3, 0.4) is 0 Å². The summed E-state index contributed by atoms with van der Waals surface area (Å²) in [4.78, 5) is 24.8. The number of carbonyl (C=O) groups is 2. The highest BCUT2D eigenvalue weighted by molar-refractivity contribution is 5.80. The predicted molar refractivity (Wildman–Crippen MR) is 61.3 cm³/mol. The number of Topliss-reactive ketones (excluding diaryl/α,β-unsaturated/α-hetero) is 1. The summed E-state index contributed by atoms with van der Waals surface area (Å²) in [5.41, 5.74) is -0.479. The van der Waals surface area contributed by atoms with Gasteiger partial charge in [0.1, 0.15) is 11.4 Å². The van der Waals surface area contributed by atoms with Crippen molar-refractivity contribution in [3.8, 4) is 0 Å². The second kappa shape index (κ2) is 4.85. The van der Waals surface area contributed by atoms with Gasteiger partial charge < -0.3 is 9.64 Å². The van der Waals surface area contributed by atoms with Gasteiger partial charge in [0, 0.05) is 25.4 Å². The monoisotopic (exact) mass is 227 g/mol. The molecule has 1 amide bonds. The molecule has 0 radical (unpaired) electrons. The maximum Gasteiger partial charge on any atom is 0.410 e. The smallest absolute Gasteiger partial charge is 0.410 e. The van der Waals surface area contributed by atoms with Crippen LogP contribution in [-0.4, -0.2) is 35.0 Å². The second-order valence-electron chi connectivity index (χ2n) is 5.35. The highest BCUT2D eigenvalue weighted by atomic mass is 16.6. The molecule has 92 valence electrons. The van der Waals surface area contributed by atoms with Crippen molar-refractivity contribution < 1.29 is 14.3 Å². The van der Waals surface area contributed by atoms with Gasteiger partial charge in [0.15, 0.2) is 0 Å². The molecular weight excluding hydrogens is 206 g/mol. The van der Waals surface area contributed by atoms with Gasteiger partial charge in [0.2, 0.25) is 0 Å². The third kappa shape index (κ3) is 3.83. The van der Waals surface area contributed by atoms with Crippen molar-refractivity contribution in [3.05, 3.63) is 0 Å². The van der Waals surface area contributed by atoms with Gasteiger partial charge in [-0.15, -0.1) is 0 Å². The van der Waals surface area contributed by atoms with Crippen molar-refractivity contribution in [2.75, 3.05) is 6.54 Å². The Bertz CT molecular complexity index is 280. The van der Waals surface area contributed by atoms with E-state index in [1.165, 1.54) is 0 Å². The summed E-state index contributed by atoms with van der Waals surface area (Å²) in [6.07, 6.45) is 1.44. The van der Waals surface area contributed by atoms with Gasteiger partial charge in [-0.3, -0.25) is 4.79 Å². The lowest BCUT2D eigenvalue weighted by Gasteiger charge is -2.30. The van der Waals surface area contributed by atoms with Crippen molar-refractivity contribution in [2.45, 2.75) is 58.6 Å². The van der Waals surface area contributed by atoms with E-state index in [1.54, 1.807) is 4.90 Å². The Morgan fingerprint density at radius 2 is 2.00 bits per heavy atom. The van der Waals surface area contributed by atoms with E-state index >= 15 is 0 Å². The minimum absolute atomic E-state index is 0.0845. The average Bonchev–Trinajstić information content (AvgIpc) is 2.26. The predicted octanol–water partition coefficient (Wildman–Crippen LogP) is 2.37. The maximum absolute atomic E-state index is 11.9. The van der Waals surface area contributed by atoms with Gasteiger partial charge in [0.25, 0.3) is 0 Å². The molecule has 1 heterocycles. The van der Waals surface area contributed by atoms with Crippen molar-refractivity contribution in [1.82, 2.24) is 4.90 Å². The standard InChI is InChI=1S/C12H21NO3/c1-9-5-6-10(14)7-8-13(9)11(15)16-12(2,3)4/h9H,5-8H2,1-4H3. The minimum Gasteiger partial charge on any atom is -0.444 e. The SMILES string of the molecule is CC1CCC(=O)CCN1C(=O)OC(C)(C)C. The molecule has 1 aliphatic heterocycles. The zero-order chi connectivity index (χ0) is 12.3. The molecule has 0 aromatic carbocycles. The van der Waals surface area contributed by atoms with Gasteiger partial charge in [-0.2, -0.15) is 0 Å². The Balaban J connectivity index is 2.63. The maximum atomic E-state index is 11.9. The molecule has 1 atom stereocenters. The van der Waals surface area contributed by atoms with Crippen LogP contribution >= 0.6 is 0 Å². The summed E-state index contributed by atoms with van der Waals surface area (Å²) in [5.74, 6) is 0.234. The summed E-state index contributed by atoms with van der Waals surface area (Å²) >= 11 is 0. The van der Waals surface area contributed by atoms with Gasteiger partial charge in [-0.1, -0.05) is 0 Å². The van der Waals surface area contributed by atoms with E-state index in [9.17, 15) is 9.59 Å². The molecule has 1 saturated heterocycles. The highest BCUT2D eigenvalue weighted by Crippen LogP contribution is 2.18. The largest absolute Gasteiger partial charge is 0.444 e. The number of carbonyl (C=O) groups excluding carboxylic acids is 2. The number of amides is 1. The molecular formula is C12H21NO3. The van der Waals surface area contributed by atoms with E-state index in [0.717, 1.165) is 6.42 Å². The summed E-state index contributed by atoms with van der Waals surface area (Å²) in [6, 6.07) is 0.0845. The first-order chi connectivity index (χ1) is 7.29. The third-order valence-electron chi connectivity index (χ3n) is 2.63. The average molecular weight is 227 g/mol. The number of ether oxygens (including phenoxy) is 1. The Morgan fingerprint density at radius 1 is 1.38 bits per heavy atom. The van der Waals surface area contributed by atoms with Crippen LogP contribution in [0.5, 0.6) is 0 Å². The molecule has 1 aliphatic rings. The molecule has 1 fully saturated rings. The van der Waals surface area contributed by atoms with Crippen LogP contribution in [-0.2, 0) is 9.53 Å². The molecule has 0 aliphatic carbocycles. The number of likely N-dealkylation sites (tertiary alicyclic amines) is 1. The first-order valence-corrected chi connectivity index (χ1v) is 5.81. The molecule has 0 saturated carbocycles. The number of hydrogen-bond donors (Lipinski definition) is 0. The number of rotatable bonds is 0. The molecule has 1 rings (SSSR count). The van der Waals surface area contributed by atoms with Crippen molar-refractivity contribution in [2.24, 2.45) is 0 Å². The Labute approximate surface area is 96.9 Å². The van der Waals surface area contributed by atoms with Crippen molar-refractivity contribution >= 4 is 11.9 Å². The summed E-state index contributed by atoms with van der Waals surface area (Å²) in [6.45, 7) is 7.98. The van der Waals surface area contributed by atoms with E-state index < -0.39 is 5.60 Å². The van der Waals surface area contributed by atoms with E-state index in [2.05, 4.69) is 0 Å². The Kier molecular flexibility index (Phi) is 3.94. The third-order valence-corrected chi connectivity index (χ3v) is 2.63. The molecule has 0 bridgehead atoms. The van der Waals surface area contributed by atoms with E-state index in [-0.39, 0.29) is 17.9 Å². The summed E-state index contributed by atoms with van der Waals surface area (Å²) < 4.78 is 5.31. The van der Waals surface area contributed by atoms with Crippen LogP contribution in [0.4, 0.5) is 4.79 Å². The zero-order valence-electron chi connectivity index (χ0n) is 10.6. The number of hydrogen-bond acceptors (Lipinski definition) is 3. The van der Waals surface area contributed by atoms with Gasteiger partial charge >= 0.3 is 6.09 Å². The van der Waals surface area contributed by atoms with Crippen LogP contribution in [0.2, 0.25) is 0 Å². The molecule has 4 nitrogen and oxygen atoms in total. The summed E-state index contributed by atoms with van der Waals surface area (Å²) in [7, 11) is 0. The van der Waals surface area contributed by atoms with Gasteiger partial charge in [-0.25, -0.2) is 4.79 Å². The molecule has 0 spiro atoms. The van der Waals surface area contributed by atoms with Gasteiger partial charge in [0.05, 0.1) is 0 Å². The fraction of sp³-hybridized carbons (Fsp3) is 0.833. The lowest BCUT2D eigenvalue weighted by molar-refractivity contribution is -0.118. The van der Waals surface area contributed by atoms with Crippen LogP contribution in [0.1, 0.15) is 47.0 Å². The lowest BCUT2D eigenvalue weighted by atomic mass is 10.1. The fourth-order valence-corrected chi connectivity index (χ4v) is 1.71. The van der Waals surface area contributed by atoms with Crippen LogP contribution < -0.4 is 0 Å². The number of ketones is 1. The second-order valence-corrected chi connectivity index (χ2v) is 5.35. The molecule has 0 aromatic rings. The van der Waals surface area contributed by atoms with Crippen LogP contribution in [0.25, 0.3) is 0 Å². The molecule has 0 aromatic heterocycles. The minimum atomic E-state index is -0.479. The quantitative estimate of drug-likeness (QED) is 0.638. The van der Waals surface area contributed by atoms with E-state index in [4.69, 9.17) is 4.74 Å². The normalized spacial score (nSPS) is 22.9. The van der Waals surface area contributed by atoms with Crippen LogP contribution in [0.15, 0.2) is 0 Å². The molecule has 0 N–H and O–H groups in total. The first-order valence-electron chi connectivity index (χ1n) is 5.81. The molecule has 16 heavy (non-hydrogen) atoms. The topological polar surface area (TPSA) is 46.6 Å². The zero-order valence-corrected chi connectivity index (χ0v) is 10.6. The van der Waals surface area contributed by atoms with Gasteiger partial charge in [-0.05, 0) is 34.1 Å². The Morgan fingerprint density at radius 3 is 2.56 bits per heavy atom. The highest BCUT2D eigenvalue weighted by Gasteiger charge is 2.28.